The number of methoxy groups -OCH3 is 1. The van der Waals surface area contributed by atoms with Crippen molar-refractivity contribution in [3.05, 3.63) is 40.9 Å². The number of halogens is 2. The minimum absolute atomic E-state index is 0.236. The summed E-state index contributed by atoms with van der Waals surface area (Å²) in [6.45, 7) is 7.59. The summed E-state index contributed by atoms with van der Waals surface area (Å²) in [6.07, 6.45) is 1.20. The fraction of sp³-hybridized carbons (Fsp3) is 0.444. The van der Waals surface area contributed by atoms with Gasteiger partial charge >= 0.3 is 7.12 Å². The lowest BCUT2D eigenvalue weighted by atomic mass is 9.86. The van der Waals surface area contributed by atoms with Gasteiger partial charge in [-0.1, -0.05) is 11.8 Å². The van der Waals surface area contributed by atoms with E-state index in [1.807, 2.05) is 27.7 Å². The fourth-order valence-corrected chi connectivity index (χ4v) is 2.14. The van der Waals surface area contributed by atoms with Crippen molar-refractivity contribution in [3.63, 3.8) is 0 Å². The van der Waals surface area contributed by atoms with Gasteiger partial charge in [0.1, 0.15) is 18.2 Å². The smallest absolute Gasteiger partial charge is 0.398 e. The fourth-order valence-electron chi connectivity index (χ4n) is 2.14. The molecular formula is C18H21BF2O3. The summed E-state index contributed by atoms with van der Waals surface area (Å²) in [5.41, 5.74) is -1.10. The third-order valence-electron chi connectivity index (χ3n) is 4.22. The molecule has 2 rings (SSSR count). The molecule has 0 saturated carbocycles. The van der Waals surface area contributed by atoms with Crippen molar-refractivity contribution in [2.24, 2.45) is 0 Å². The number of hydrogen-bond acceptors (Lipinski definition) is 3. The van der Waals surface area contributed by atoms with Crippen molar-refractivity contribution in [3.8, 4) is 11.8 Å². The average molecular weight is 334 g/mol. The van der Waals surface area contributed by atoms with Gasteiger partial charge < -0.3 is 14.0 Å². The van der Waals surface area contributed by atoms with Crippen LogP contribution in [0.1, 0.15) is 38.8 Å². The lowest BCUT2D eigenvalue weighted by Gasteiger charge is -2.32. The summed E-state index contributed by atoms with van der Waals surface area (Å²) in [7, 11) is 0.399. The maximum absolute atomic E-state index is 14.6. The molecule has 0 radical (unpaired) electrons. The Morgan fingerprint density at radius 2 is 1.88 bits per heavy atom. The molecule has 0 aromatic heterocycles. The normalized spacial score (nSPS) is 19.1. The quantitative estimate of drug-likeness (QED) is 0.622. The van der Waals surface area contributed by atoms with Gasteiger partial charge in [0.05, 0.1) is 11.2 Å². The van der Waals surface area contributed by atoms with E-state index in [0.717, 1.165) is 0 Å². The maximum atomic E-state index is 14.6. The van der Waals surface area contributed by atoms with Gasteiger partial charge in [-0.2, -0.15) is 0 Å². The second kappa shape index (κ2) is 7.06. The van der Waals surface area contributed by atoms with E-state index in [0.29, 0.717) is 11.1 Å². The van der Waals surface area contributed by atoms with Crippen LogP contribution in [-0.2, 0) is 14.0 Å². The first-order valence-corrected chi connectivity index (χ1v) is 7.66. The van der Waals surface area contributed by atoms with E-state index in [1.54, 1.807) is 0 Å². The third kappa shape index (κ3) is 4.04. The second-order valence-corrected chi connectivity index (χ2v) is 6.58. The number of benzene rings is 1. The highest BCUT2D eigenvalue weighted by Crippen LogP contribution is 2.39. The summed E-state index contributed by atoms with van der Waals surface area (Å²) < 4.78 is 44.3. The molecule has 1 aliphatic heterocycles. The van der Waals surface area contributed by atoms with Crippen LogP contribution < -0.4 is 0 Å². The van der Waals surface area contributed by atoms with Crippen LogP contribution >= 0.6 is 0 Å². The van der Waals surface area contributed by atoms with Crippen LogP contribution in [0.5, 0.6) is 0 Å². The van der Waals surface area contributed by atoms with Crippen LogP contribution in [0.3, 0.4) is 0 Å². The van der Waals surface area contributed by atoms with E-state index in [-0.39, 0.29) is 6.61 Å². The first-order chi connectivity index (χ1) is 11.2. The summed E-state index contributed by atoms with van der Waals surface area (Å²) in [5, 5.41) is 0. The molecule has 0 unspecified atom stereocenters. The molecule has 1 heterocycles. The highest BCUT2D eigenvalue weighted by atomic mass is 19.1. The lowest BCUT2D eigenvalue weighted by molar-refractivity contribution is 0.00578. The van der Waals surface area contributed by atoms with Crippen molar-refractivity contribution >= 4 is 13.2 Å². The zero-order valence-electron chi connectivity index (χ0n) is 14.6. The Bertz CT molecular complexity index is 686. The molecule has 0 spiro atoms. The van der Waals surface area contributed by atoms with Gasteiger partial charge in [0.15, 0.2) is 0 Å². The van der Waals surface area contributed by atoms with Gasteiger partial charge in [0.2, 0.25) is 0 Å². The van der Waals surface area contributed by atoms with Crippen molar-refractivity contribution in [1.29, 1.82) is 0 Å². The van der Waals surface area contributed by atoms with Crippen LogP contribution in [0.2, 0.25) is 0 Å². The summed E-state index contributed by atoms with van der Waals surface area (Å²) in [6, 6.07) is 4.00. The topological polar surface area (TPSA) is 27.7 Å². The van der Waals surface area contributed by atoms with Crippen molar-refractivity contribution in [1.82, 2.24) is 0 Å². The lowest BCUT2D eigenvalue weighted by Crippen LogP contribution is -2.41. The first kappa shape index (κ1) is 18.7. The van der Waals surface area contributed by atoms with Gasteiger partial charge in [0, 0.05) is 12.7 Å². The highest BCUT2D eigenvalue weighted by molar-refractivity contribution is 6.54. The van der Waals surface area contributed by atoms with Gasteiger partial charge in [-0.15, -0.1) is 0 Å². The maximum Gasteiger partial charge on any atom is 0.525 e. The largest absolute Gasteiger partial charge is 0.525 e. The van der Waals surface area contributed by atoms with Crippen LogP contribution in [0, 0.1) is 17.7 Å². The molecule has 24 heavy (non-hydrogen) atoms. The Labute approximate surface area is 142 Å². The molecular weight excluding hydrogens is 313 g/mol. The molecule has 1 aliphatic rings. The van der Waals surface area contributed by atoms with E-state index in [2.05, 4.69) is 11.8 Å². The molecule has 6 heteroatoms. The Morgan fingerprint density at radius 3 is 2.46 bits per heavy atom. The monoisotopic (exact) mass is 334 g/mol. The molecule has 1 saturated heterocycles. The van der Waals surface area contributed by atoms with Gasteiger partial charge in [-0.05, 0) is 57.5 Å². The van der Waals surface area contributed by atoms with Gasteiger partial charge in [-0.3, -0.25) is 0 Å². The predicted molar refractivity (Wildman–Crippen MR) is 90.3 cm³/mol. The zero-order chi connectivity index (χ0) is 18.0. The van der Waals surface area contributed by atoms with Crippen molar-refractivity contribution < 1.29 is 22.8 Å². The zero-order valence-corrected chi connectivity index (χ0v) is 14.6. The Hall–Kier alpha value is -1.68. The minimum Gasteiger partial charge on any atom is -0.398 e. The summed E-state index contributed by atoms with van der Waals surface area (Å²) in [5.74, 6) is 5.13. The second-order valence-electron chi connectivity index (χ2n) is 6.58. The standard InChI is InChI=1S/C18H21BF2O3/c1-17(2)18(3,4)24-19(23-17)16(21)12-14-11-15(20)9-8-13(14)7-6-10-22-5/h8-9,11-12H,10H2,1-5H3. The number of ether oxygens (including phenoxy) is 1. The number of hydrogen-bond donors (Lipinski definition) is 0. The third-order valence-corrected chi connectivity index (χ3v) is 4.22. The minimum atomic E-state index is -1.13. The van der Waals surface area contributed by atoms with Gasteiger partial charge in [-0.25, -0.2) is 8.78 Å². The summed E-state index contributed by atoms with van der Waals surface area (Å²) in [4.78, 5) is 0. The summed E-state index contributed by atoms with van der Waals surface area (Å²) >= 11 is 0. The van der Waals surface area contributed by atoms with Gasteiger partial charge in [0.25, 0.3) is 0 Å². The Kier molecular flexibility index (Phi) is 5.49. The van der Waals surface area contributed by atoms with Crippen molar-refractivity contribution in [2.45, 2.75) is 38.9 Å². The van der Waals surface area contributed by atoms with E-state index in [1.165, 1.54) is 31.4 Å². The molecule has 1 fully saturated rings. The van der Waals surface area contributed by atoms with Crippen LogP contribution in [-0.4, -0.2) is 32.0 Å². The van der Waals surface area contributed by atoms with E-state index >= 15 is 0 Å². The average Bonchev–Trinajstić information content (AvgIpc) is 2.70. The number of rotatable bonds is 3. The van der Waals surface area contributed by atoms with Crippen molar-refractivity contribution in [2.75, 3.05) is 13.7 Å². The molecule has 128 valence electrons. The molecule has 0 aliphatic carbocycles. The molecule has 1 aromatic rings. The van der Waals surface area contributed by atoms with Crippen LogP contribution in [0.4, 0.5) is 8.78 Å². The highest BCUT2D eigenvalue weighted by Gasteiger charge is 2.53. The van der Waals surface area contributed by atoms with Crippen LogP contribution in [0.25, 0.3) is 6.08 Å². The van der Waals surface area contributed by atoms with E-state index < -0.39 is 29.9 Å². The molecule has 1 aromatic carbocycles. The Morgan fingerprint density at radius 1 is 1.25 bits per heavy atom. The van der Waals surface area contributed by atoms with E-state index in [9.17, 15) is 8.78 Å². The Balaban J connectivity index is 2.31. The molecule has 0 atom stereocenters. The predicted octanol–water partition coefficient (Wildman–Crippen LogP) is 3.77. The SMILES string of the molecule is COCC#Cc1ccc(F)cc1C=C(F)B1OC(C)(C)C(C)(C)O1. The first-order valence-electron chi connectivity index (χ1n) is 7.66. The van der Waals surface area contributed by atoms with Crippen LogP contribution in [0.15, 0.2) is 23.9 Å². The van der Waals surface area contributed by atoms with E-state index in [4.69, 9.17) is 14.0 Å². The molecule has 3 nitrogen and oxygen atoms in total. The molecule has 0 amide bonds. The molecule has 0 N–H and O–H groups in total. The molecule has 0 bridgehead atoms.